The van der Waals surface area contributed by atoms with E-state index in [1.54, 1.807) is 0 Å². The van der Waals surface area contributed by atoms with Gasteiger partial charge in [-0.2, -0.15) is 0 Å². The molecular formula is C48H94N10O4S2. The van der Waals surface area contributed by atoms with Crippen molar-refractivity contribution in [2.24, 2.45) is 57.6 Å². The molecule has 0 aromatic rings. The van der Waals surface area contributed by atoms with Crippen LogP contribution in [0.15, 0.2) is 0 Å². The summed E-state index contributed by atoms with van der Waals surface area (Å²) < 4.78 is 42.0. The van der Waals surface area contributed by atoms with Gasteiger partial charge in [0.1, 0.15) is 0 Å². The molecule has 0 radical (unpaired) electrons. The van der Waals surface area contributed by atoms with Crippen molar-refractivity contribution in [1.29, 1.82) is 0 Å². The van der Waals surface area contributed by atoms with Crippen molar-refractivity contribution in [2.75, 3.05) is 11.5 Å². The van der Waals surface area contributed by atoms with E-state index >= 15 is 0 Å². The zero-order valence-electron chi connectivity index (χ0n) is 40.1. The van der Waals surface area contributed by atoms with Gasteiger partial charge in [0.15, 0.2) is 0 Å². The molecule has 0 spiro atoms. The van der Waals surface area contributed by atoms with E-state index in [2.05, 4.69) is 56.4 Å². The van der Waals surface area contributed by atoms with Gasteiger partial charge in [-0.25, -0.2) is 27.1 Å². The van der Waals surface area contributed by atoms with Crippen LogP contribution < -0.4 is 52.8 Å². The predicted octanol–water partition coefficient (Wildman–Crippen LogP) is 5.88. The third-order valence-corrected chi connectivity index (χ3v) is 19.1. The number of nitrogens with two attached hydrogens (primary N) is 2. The standard InChI is InChI=1S/C32H56N8.2C8H19NO2S/c1-2-10-18-17(9-1)25-33-26(18)38-28-21-13-5-6-14-22(21)30(35-28)40-32-24-16-8-7-15-23(24)31(36-32)39-29-20-12-4-3-11-19(20)27(34-29)37-25;2*1-2-3-4-5-6-7-8-12(9,10)11/h17-40H,1-16H2;2*2-8H2,1H3,(H2,9,10,11). The minimum atomic E-state index is -3.22. The van der Waals surface area contributed by atoms with Crippen LogP contribution in [-0.4, -0.2) is 77.7 Å². The van der Waals surface area contributed by atoms with Crippen LogP contribution in [0.25, 0.3) is 0 Å². The van der Waals surface area contributed by atoms with Crippen molar-refractivity contribution in [3.05, 3.63) is 0 Å². The van der Waals surface area contributed by atoms with Crippen molar-refractivity contribution in [3.63, 3.8) is 0 Å². The normalized spacial score (nSPS) is 40.4. The highest BCUT2D eigenvalue weighted by Gasteiger charge is 2.54. The van der Waals surface area contributed by atoms with Gasteiger partial charge < -0.3 is 0 Å². The smallest absolute Gasteiger partial charge is 0.209 e. The number of primary sulfonamides is 2. The highest BCUT2D eigenvalue weighted by Crippen LogP contribution is 2.45. The number of nitrogens with one attached hydrogen (secondary N) is 8. The third kappa shape index (κ3) is 14.3. The topological polar surface area (TPSA) is 217 Å². The minimum Gasteiger partial charge on any atom is -0.286 e. The molecule has 12 N–H and O–H groups in total. The lowest BCUT2D eigenvalue weighted by molar-refractivity contribution is 0.167. The molecule has 5 saturated heterocycles. The maximum Gasteiger partial charge on any atom is 0.209 e. The van der Waals surface area contributed by atoms with Gasteiger partial charge in [0.2, 0.25) is 20.0 Å². The first-order valence-electron chi connectivity index (χ1n) is 27.0. The Morgan fingerprint density at radius 3 is 0.656 bits per heavy atom. The van der Waals surface area contributed by atoms with E-state index in [0.29, 0.717) is 62.2 Å². The van der Waals surface area contributed by atoms with Crippen molar-refractivity contribution < 1.29 is 16.8 Å². The molecule has 64 heavy (non-hydrogen) atoms. The summed E-state index contributed by atoms with van der Waals surface area (Å²) in [6.45, 7) is 4.31. The highest BCUT2D eigenvalue weighted by molar-refractivity contribution is 7.89. The molecule has 16 heteroatoms. The number of hydrogen-bond acceptors (Lipinski definition) is 12. The molecule has 0 aromatic heterocycles. The Bertz CT molecular complexity index is 1360. The van der Waals surface area contributed by atoms with Gasteiger partial charge in [-0.05, 0) is 112 Å². The average Bonchev–Trinajstić information content (AvgIpc) is 4.02. The van der Waals surface area contributed by atoms with Crippen molar-refractivity contribution in [1.82, 2.24) is 42.5 Å². The molecule has 9 rings (SSSR count). The molecule has 8 bridgehead atoms. The average molecular weight is 939 g/mol. The summed E-state index contributed by atoms with van der Waals surface area (Å²) in [4.78, 5) is 0. The minimum absolute atomic E-state index is 0.138. The van der Waals surface area contributed by atoms with Gasteiger partial charge in [0, 0.05) is 0 Å². The van der Waals surface area contributed by atoms with Gasteiger partial charge in [0.05, 0.1) is 60.8 Å². The summed E-state index contributed by atoms with van der Waals surface area (Å²) in [7, 11) is -6.43. The first-order chi connectivity index (χ1) is 30.9. The number of rotatable bonds is 14. The molecule has 9 fully saturated rings. The number of fused-ring (bicyclic) bond motifs is 20. The van der Waals surface area contributed by atoms with Gasteiger partial charge in [-0.3, -0.25) is 42.5 Å². The zero-order chi connectivity index (χ0) is 45.1. The Hall–Kier alpha value is -0.500. The molecule has 4 saturated carbocycles. The van der Waals surface area contributed by atoms with Crippen LogP contribution in [0.4, 0.5) is 0 Å². The lowest BCUT2D eigenvalue weighted by Gasteiger charge is -2.35. The maximum atomic E-state index is 10.5. The summed E-state index contributed by atoms with van der Waals surface area (Å²) in [6.07, 6.45) is 38.6. The molecule has 4 aliphatic carbocycles. The maximum absolute atomic E-state index is 10.5. The van der Waals surface area contributed by atoms with Crippen molar-refractivity contribution in [2.45, 2.75) is 243 Å². The molecule has 14 nitrogen and oxygen atoms in total. The highest BCUT2D eigenvalue weighted by atomic mass is 32.2. The summed E-state index contributed by atoms with van der Waals surface area (Å²) >= 11 is 0. The number of sulfonamides is 2. The Labute approximate surface area is 389 Å². The Morgan fingerprint density at radius 2 is 0.484 bits per heavy atom. The SMILES string of the molecule is C1CCC2C3NC(NC4NC(NC5NC(NC6NC(N3)C3CCCCC63)C3CCCCC53)C3CCCCC43)C2C1.CCCCCCCCS(N)(=O)=O.CCCCCCCCS(N)(=O)=O. The number of hydrogen-bond donors (Lipinski definition) is 10. The van der Waals surface area contributed by atoms with Gasteiger partial charge >= 0.3 is 0 Å². The largest absolute Gasteiger partial charge is 0.286 e. The van der Waals surface area contributed by atoms with E-state index in [4.69, 9.17) is 10.3 Å². The molecule has 5 heterocycles. The summed E-state index contributed by atoms with van der Waals surface area (Å²) in [6, 6.07) is 0. The second-order valence-electron chi connectivity index (χ2n) is 21.9. The molecule has 0 aromatic carbocycles. The van der Waals surface area contributed by atoms with Crippen LogP contribution in [-0.2, 0) is 20.0 Å². The van der Waals surface area contributed by atoms with Crippen LogP contribution in [0.2, 0.25) is 0 Å². The lowest BCUT2D eigenvalue weighted by atomic mass is 9.76. The molecule has 9 aliphatic rings. The van der Waals surface area contributed by atoms with Crippen LogP contribution in [0.1, 0.15) is 194 Å². The predicted molar refractivity (Wildman–Crippen MR) is 260 cm³/mol. The molecule has 8 atom stereocenters. The quantitative estimate of drug-likeness (QED) is 0.0926. The van der Waals surface area contributed by atoms with Crippen molar-refractivity contribution >= 4 is 20.0 Å². The monoisotopic (exact) mass is 939 g/mol. The van der Waals surface area contributed by atoms with Crippen LogP contribution in [0.3, 0.4) is 0 Å². The Morgan fingerprint density at radius 1 is 0.312 bits per heavy atom. The second kappa shape index (κ2) is 24.9. The molecule has 372 valence electrons. The van der Waals surface area contributed by atoms with E-state index in [0.717, 1.165) is 73.0 Å². The zero-order valence-corrected chi connectivity index (χ0v) is 41.7. The second-order valence-corrected chi connectivity index (χ2v) is 25.3. The fraction of sp³-hybridized carbons (Fsp3) is 1.00. The molecular weight excluding hydrogens is 845 g/mol. The van der Waals surface area contributed by atoms with Gasteiger partial charge in [0.25, 0.3) is 0 Å². The fourth-order valence-electron chi connectivity index (χ4n) is 14.1. The first-order valence-corrected chi connectivity index (χ1v) is 30.4. The van der Waals surface area contributed by atoms with E-state index in [-0.39, 0.29) is 11.5 Å². The molecule has 8 unspecified atom stereocenters. The fourth-order valence-corrected chi connectivity index (χ4v) is 15.4. The van der Waals surface area contributed by atoms with E-state index in [1.165, 1.54) is 141 Å². The number of unbranched alkanes of at least 4 members (excludes halogenated alkanes) is 10. The first kappa shape index (κ1) is 51.4. The summed E-state index contributed by atoms with van der Waals surface area (Å²) in [5.41, 5.74) is 0. The van der Waals surface area contributed by atoms with Gasteiger partial charge in [-0.1, -0.05) is 129 Å². The molecule has 5 aliphatic heterocycles. The summed E-state index contributed by atoms with van der Waals surface area (Å²) in [5.74, 6) is 6.25. The van der Waals surface area contributed by atoms with Gasteiger partial charge in [-0.15, -0.1) is 0 Å². The molecule has 0 amide bonds. The summed E-state index contributed by atoms with van der Waals surface area (Å²) in [5, 5.41) is 43.5. The lowest BCUT2D eigenvalue weighted by Crippen LogP contribution is -2.61. The van der Waals surface area contributed by atoms with Crippen LogP contribution in [0, 0.1) is 47.3 Å². The Balaban J connectivity index is 0.000000212. The van der Waals surface area contributed by atoms with E-state index in [1.807, 2.05) is 0 Å². The Kier molecular flexibility index (Phi) is 20.0. The van der Waals surface area contributed by atoms with Crippen LogP contribution in [0.5, 0.6) is 0 Å². The third-order valence-electron chi connectivity index (χ3n) is 17.4. The van der Waals surface area contributed by atoms with Crippen LogP contribution >= 0.6 is 0 Å². The van der Waals surface area contributed by atoms with E-state index in [9.17, 15) is 16.8 Å². The van der Waals surface area contributed by atoms with Crippen molar-refractivity contribution in [3.8, 4) is 0 Å². The van der Waals surface area contributed by atoms with E-state index < -0.39 is 20.0 Å².